The van der Waals surface area contributed by atoms with Gasteiger partial charge in [0, 0.05) is 5.38 Å². The molecule has 8 heteroatoms. The molecule has 1 N–H and O–H groups in total. The number of anilines is 1. The molecule has 0 atom stereocenters. The normalized spacial score (nSPS) is 10.2. The summed E-state index contributed by atoms with van der Waals surface area (Å²) >= 11 is 1.31. The number of ether oxygens (including phenoxy) is 1. The highest BCUT2D eigenvalue weighted by atomic mass is 32.1. The van der Waals surface area contributed by atoms with Gasteiger partial charge in [0.25, 0.3) is 0 Å². The number of aromatic nitrogens is 3. The lowest BCUT2D eigenvalue weighted by Crippen LogP contribution is -2.03. The lowest BCUT2D eigenvalue weighted by atomic mass is 10.5. The van der Waals surface area contributed by atoms with Crippen molar-refractivity contribution in [3.63, 3.8) is 0 Å². The van der Waals surface area contributed by atoms with Crippen LogP contribution in [-0.4, -0.2) is 28.2 Å². The molecular weight excluding hydrogens is 244 g/mol. The number of esters is 1. The van der Waals surface area contributed by atoms with Gasteiger partial charge in [-0.2, -0.15) is 4.98 Å². The molecule has 0 saturated carbocycles. The zero-order valence-electron chi connectivity index (χ0n) is 9.26. The van der Waals surface area contributed by atoms with Crippen LogP contribution in [0.15, 0.2) is 9.90 Å². The van der Waals surface area contributed by atoms with Gasteiger partial charge in [0.2, 0.25) is 5.89 Å². The molecule has 7 nitrogen and oxygen atoms in total. The predicted molar refractivity (Wildman–Crippen MR) is 59.8 cm³/mol. The zero-order chi connectivity index (χ0) is 12.3. The Kier molecular flexibility index (Phi) is 3.33. The number of hydrogen-bond acceptors (Lipinski definition) is 8. The van der Waals surface area contributed by atoms with Gasteiger partial charge in [-0.05, 0) is 6.92 Å². The minimum Gasteiger partial charge on any atom is -0.464 e. The van der Waals surface area contributed by atoms with E-state index >= 15 is 0 Å². The fourth-order valence-electron chi connectivity index (χ4n) is 1.12. The van der Waals surface area contributed by atoms with Crippen molar-refractivity contribution in [2.75, 3.05) is 12.4 Å². The van der Waals surface area contributed by atoms with Crippen molar-refractivity contribution >= 4 is 22.4 Å². The lowest BCUT2D eigenvalue weighted by molar-refractivity contribution is 0.0595. The summed E-state index contributed by atoms with van der Waals surface area (Å²) in [6, 6.07) is 0. The van der Waals surface area contributed by atoms with Gasteiger partial charge in [-0.25, -0.2) is 9.78 Å². The Bertz CT molecular complexity index is 522. The molecular formula is C9H10N4O3S. The number of methoxy groups -OCH3 is 1. The summed E-state index contributed by atoms with van der Waals surface area (Å²) in [7, 11) is 1.32. The SMILES string of the molecule is COC(=O)c1csc(NCc2nc(C)no2)n1. The van der Waals surface area contributed by atoms with Crippen LogP contribution in [0.5, 0.6) is 0 Å². The van der Waals surface area contributed by atoms with E-state index in [9.17, 15) is 4.79 Å². The first kappa shape index (κ1) is 11.5. The van der Waals surface area contributed by atoms with E-state index < -0.39 is 5.97 Å². The van der Waals surface area contributed by atoms with Crippen LogP contribution in [0.2, 0.25) is 0 Å². The minimum absolute atomic E-state index is 0.279. The molecule has 0 fully saturated rings. The van der Waals surface area contributed by atoms with Gasteiger partial charge in [0.15, 0.2) is 16.6 Å². The van der Waals surface area contributed by atoms with E-state index in [1.807, 2.05) is 0 Å². The zero-order valence-corrected chi connectivity index (χ0v) is 10.1. The van der Waals surface area contributed by atoms with E-state index in [4.69, 9.17) is 4.52 Å². The highest BCUT2D eigenvalue weighted by molar-refractivity contribution is 7.13. The molecule has 0 aliphatic carbocycles. The number of nitrogens with zero attached hydrogens (tertiary/aromatic N) is 3. The first-order valence-electron chi connectivity index (χ1n) is 4.76. The maximum atomic E-state index is 11.2. The summed E-state index contributed by atoms with van der Waals surface area (Å²) in [5.41, 5.74) is 0.279. The van der Waals surface area contributed by atoms with Crippen molar-refractivity contribution in [1.82, 2.24) is 15.1 Å². The molecule has 0 bridgehead atoms. The second-order valence-electron chi connectivity index (χ2n) is 3.12. The number of carbonyl (C=O) groups is 1. The van der Waals surface area contributed by atoms with Gasteiger partial charge in [0.05, 0.1) is 13.7 Å². The highest BCUT2D eigenvalue weighted by Crippen LogP contribution is 2.16. The van der Waals surface area contributed by atoms with Crippen molar-refractivity contribution in [1.29, 1.82) is 0 Å². The maximum Gasteiger partial charge on any atom is 0.357 e. The predicted octanol–water partition coefficient (Wildman–Crippen LogP) is 1.23. The standard InChI is InChI=1S/C9H10N4O3S/c1-5-11-7(16-13-5)3-10-9-12-6(4-17-9)8(14)15-2/h4H,3H2,1-2H3,(H,10,12). The van der Waals surface area contributed by atoms with E-state index in [1.165, 1.54) is 18.4 Å². The van der Waals surface area contributed by atoms with Crippen LogP contribution in [0.1, 0.15) is 22.2 Å². The third-order valence-corrected chi connectivity index (χ3v) is 2.66. The van der Waals surface area contributed by atoms with Crippen molar-refractivity contribution in [2.45, 2.75) is 13.5 Å². The smallest absolute Gasteiger partial charge is 0.357 e. The summed E-state index contributed by atoms with van der Waals surface area (Å²) in [6.45, 7) is 2.11. The lowest BCUT2D eigenvalue weighted by Gasteiger charge is -1.96. The Hall–Kier alpha value is -1.96. The fraction of sp³-hybridized carbons (Fsp3) is 0.333. The number of carbonyl (C=O) groups excluding carboxylic acids is 1. The molecule has 0 aliphatic heterocycles. The fourth-order valence-corrected chi connectivity index (χ4v) is 1.80. The molecule has 2 aromatic rings. The highest BCUT2D eigenvalue weighted by Gasteiger charge is 2.11. The van der Waals surface area contributed by atoms with Gasteiger partial charge in [-0.15, -0.1) is 11.3 Å². The number of rotatable bonds is 4. The average Bonchev–Trinajstić information content (AvgIpc) is 2.94. The molecule has 0 amide bonds. The first-order chi connectivity index (χ1) is 8.19. The molecule has 2 rings (SSSR count). The van der Waals surface area contributed by atoms with Crippen LogP contribution in [0.4, 0.5) is 5.13 Å². The molecule has 0 aliphatic rings. The maximum absolute atomic E-state index is 11.2. The van der Waals surface area contributed by atoms with Crippen LogP contribution >= 0.6 is 11.3 Å². The van der Waals surface area contributed by atoms with Crippen LogP contribution in [-0.2, 0) is 11.3 Å². The molecule has 0 spiro atoms. The number of thiazole rings is 1. The molecule has 0 unspecified atom stereocenters. The Balaban J connectivity index is 1.95. The van der Waals surface area contributed by atoms with Crippen molar-refractivity contribution in [3.05, 3.63) is 22.8 Å². The molecule has 17 heavy (non-hydrogen) atoms. The van der Waals surface area contributed by atoms with E-state index in [0.29, 0.717) is 23.4 Å². The van der Waals surface area contributed by atoms with Crippen LogP contribution in [0.3, 0.4) is 0 Å². The summed E-state index contributed by atoms with van der Waals surface area (Å²) < 4.78 is 9.48. The van der Waals surface area contributed by atoms with Crippen molar-refractivity contribution < 1.29 is 14.1 Å². The van der Waals surface area contributed by atoms with Crippen LogP contribution < -0.4 is 5.32 Å². The monoisotopic (exact) mass is 254 g/mol. The van der Waals surface area contributed by atoms with E-state index in [-0.39, 0.29) is 5.69 Å². The number of nitrogens with one attached hydrogen (secondary N) is 1. The minimum atomic E-state index is -0.456. The van der Waals surface area contributed by atoms with Gasteiger partial charge < -0.3 is 14.6 Å². The van der Waals surface area contributed by atoms with Crippen LogP contribution in [0.25, 0.3) is 0 Å². The van der Waals surface area contributed by atoms with Crippen molar-refractivity contribution in [2.24, 2.45) is 0 Å². The summed E-state index contributed by atoms with van der Waals surface area (Å²) in [5.74, 6) is 0.594. The van der Waals surface area contributed by atoms with Gasteiger partial charge in [0.1, 0.15) is 0 Å². The summed E-state index contributed by atoms with van der Waals surface area (Å²) in [5, 5.41) is 8.85. The van der Waals surface area contributed by atoms with E-state index in [0.717, 1.165) is 0 Å². The second kappa shape index (κ2) is 4.91. The molecule has 0 radical (unpaired) electrons. The third-order valence-electron chi connectivity index (χ3n) is 1.86. The summed E-state index contributed by atoms with van der Waals surface area (Å²) in [6.07, 6.45) is 0. The Morgan fingerprint density at radius 2 is 2.41 bits per heavy atom. The van der Waals surface area contributed by atoms with Crippen LogP contribution in [0, 0.1) is 6.92 Å². The molecule has 2 aromatic heterocycles. The third kappa shape index (κ3) is 2.78. The Labute approximate surface area is 101 Å². The average molecular weight is 254 g/mol. The van der Waals surface area contributed by atoms with E-state index in [1.54, 1.807) is 12.3 Å². The van der Waals surface area contributed by atoms with Gasteiger partial charge in [-0.1, -0.05) is 5.16 Å². The topological polar surface area (TPSA) is 90.1 Å². The van der Waals surface area contributed by atoms with Gasteiger partial charge in [-0.3, -0.25) is 0 Å². The summed E-state index contributed by atoms with van der Waals surface area (Å²) in [4.78, 5) is 19.2. The van der Waals surface area contributed by atoms with E-state index in [2.05, 4.69) is 25.2 Å². The molecule has 90 valence electrons. The largest absolute Gasteiger partial charge is 0.464 e. The first-order valence-corrected chi connectivity index (χ1v) is 5.64. The Morgan fingerprint density at radius 3 is 3.06 bits per heavy atom. The van der Waals surface area contributed by atoms with Crippen molar-refractivity contribution in [3.8, 4) is 0 Å². The molecule has 2 heterocycles. The number of aryl methyl sites for hydroxylation is 1. The molecule has 0 aromatic carbocycles. The molecule has 0 saturated heterocycles. The second-order valence-corrected chi connectivity index (χ2v) is 3.98. The van der Waals surface area contributed by atoms with Gasteiger partial charge >= 0.3 is 5.97 Å². The number of hydrogen-bond donors (Lipinski definition) is 1. The Morgan fingerprint density at radius 1 is 1.59 bits per heavy atom. The quantitative estimate of drug-likeness (QED) is 0.820.